The third-order valence-corrected chi connectivity index (χ3v) is 6.95. The quantitative estimate of drug-likeness (QED) is 0.215. The molecule has 0 unspecified atom stereocenters. The molecule has 0 aliphatic carbocycles. The Balaban J connectivity index is 1.69. The van der Waals surface area contributed by atoms with Crippen LogP contribution in [0.2, 0.25) is 0 Å². The summed E-state index contributed by atoms with van der Waals surface area (Å²) >= 11 is 0. The van der Waals surface area contributed by atoms with Crippen LogP contribution >= 0.6 is 0 Å². The Labute approximate surface area is 246 Å². The summed E-state index contributed by atoms with van der Waals surface area (Å²) in [5, 5.41) is 0.776. The third kappa shape index (κ3) is 3.34. The Morgan fingerprint density at radius 1 is 0.436 bits per heavy atom. The Kier molecular flexibility index (Phi) is 2.72. The zero-order valence-electron chi connectivity index (χ0n) is 34.2. The maximum absolute atomic E-state index is 9.29. The van der Waals surface area contributed by atoms with Crippen molar-refractivity contribution in [2.24, 2.45) is 0 Å². The van der Waals surface area contributed by atoms with Gasteiger partial charge in [-0.2, -0.15) is 0 Å². The number of benzene rings is 7. The molecule has 0 atom stereocenters. The minimum atomic E-state index is -0.570. The summed E-state index contributed by atoms with van der Waals surface area (Å²) in [6.07, 6.45) is 0. The van der Waals surface area contributed by atoms with E-state index in [9.17, 15) is 5.48 Å². The summed E-state index contributed by atoms with van der Waals surface area (Å²) in [7, 11) is 0. The van der Waals surface area contributed by atoms with Crippen LogP contribution in [0.5, 0.6) is 0 Å². The third-order valence-electron chi connectivity index (χ3n) is 6.95. The molecule has 0 radical (unpaired) electrons. The van der Waals surface area contributed by atoms with Gasteiger partial charge in [-0.3, -0.25) is 0 Å². The second-order valence-corrected chi connectivity index (χ2v) is 9.00. The predicted molar refractivity (Wildman–Crippen MR) is 165 cm³/mol. The van der Waals surface area contributed by atoms with E-state index in [0.29, 0.717) is 21.9 Å². The lowest BCUT2D eigenvalue weighted by Gasteiger charge is -2.18. The van der Waals surface area contributed by atoms with Crippen molar-refractivity contribution in [1.29, 1.82) is 0 Å². The van der Waals surface area contributed by atoms with Gasteiger partial charge in [0.2, 0.25) is 0 Å². The number of hydrogen-bond acceptors (Lipinski definition) is 1. The first-order valence-corrected chi connectivity index (χ1v) is 12.2. The Bertz CT molecular complexity index is 2820. The molecule has 0 saturated carbocycles. The van der Waals surface area contributed by atoms with E-state index in [-0.39, 0.29) is 61.0 Å². The van der Waals surface area contributed by atoms with E-state index in [1.807, 2.05) is 0 Å². The fourth-order valence-corrected chi connectivity index (χ4v) is 5.35. The molecular weight excluding hydrogens is 472 g/mol. The second-order valence-electron chi connectivity index (χ2n) is 9.00. The van der Waals surface area contributed by atoms with Gasteiger partial charge in [0.1, 0.15) is 11.2 Å². The van der Waals surface area contributed by atoms with Crippen molar-refractivity contribution in [2.75, 3.05) is 0 Å². The summed E-state index contributed by atoms with van der Waals surface area (Å²) in [4.78, 5) is 0. The van der Waals surface area contributed by atoms with Crippen LogP contribution in [0.15, 0.2) is 150 Å². The molecule has 0 spiro atoms. The van der Waals surface area contributed by atoms with Gasteiger partial charge in [-0.25, -0.2) is 0 Å². The fraction of sp³-hybridized carbons (Fsp3) is 0. The van der Waals surface area contributed by atoms with Gasteiger partial charge in [0, 0.05) is 16.3 Å². The summed E-state index contributed by atoms with van der Waals surface area (Å²) < 4.78 is 129. The van der Waals surface area contributed by atoms with Gasteiger partial charge in [-0.15, -0.1) is 0 Å². The zero-order chi connectivity index (χ0) is 37.9. The molecule has 0 amide bonds. The van der Waals surface area contributed by atoms with Gasteiger partial charge in [-0.1, -0.05) is 133 Å². The highest BCUT2D eigenvalue weighted by molar-refractivity contribution is 6.26. The normalized spacial score (nSPS) is 16.6. The molecule has 7 aromatic carbocycles. The van der Waals surface area contributed by atoms with Crippen LogP contribution in [-0.4, -0.2) is 0 Å². The largest absolute Gasteiger partial charge is 0.455 e. The van der Waals surface area contributed by atoms with E-state index in [1.54, 1.807) is 42.5 Å². The Morgan fingerprint density at radius 3 is 1.72 bits per heavy atom. The summed E-state index contributed by atoms with van der Waals surface area (Å²) in [5.74, 6) is 0. The van der Waals surface area contributed by atoms with Crippen LogP contribution in [0.1, 0.15) is 19.2 Å². The highest BCUT2D eigenvalue weighted by atomic mass is 16.3. The number of furan rings is 1. The average Bonchev–Trinajstić information content (AvgIpc) is 3.55. The van der Waals surface area contributed by atoms with Crippen LogP contribution in [0.25, 0.3) is 76.9 Å². The highest BCUT2D eigenvalue weighted by Crippen LogP contribution is 2.48. The van der Waals surface area contributed by atoms with Crippen LogP contribution < -0.4 is 0 Å². The van der Waals surface area contributed by atoms with Crippen LogP contribution in [0.3, 0.4) is 0 Å². The maximum Gasteiger partial charge on any atom is 0.143 e. The monoisotopic (exact) mass is 510 g/mol. The predicted octanol–water partition coefficient (Wildman–Crippen LogP) is 10.9. The van der Waals surface area contributed by atoms with E-state index in [4.69, 9.17) is 18.1 Å². The molecule has 0 fully saturated rings. The Morgan fingerprint density at radius 2 is 1.03 bits per heavy atom. The molecule has 0 saturated heterocycles. The minimum Gasteiger partial charge on any atom is -0.455 e. The lowest BCUT2D eigenvalue weighted by molar-refractivity contribution is 0.670. The standard InChI is InChI=1S/C38H24O/c1-3-13-25(14-4-1)27-23-24-33(37-32-21-11-12-22-34(32)39-38(27)37)36-30-19-9-7-17-28(30)35(26-15-5-2-6-16-26)29-18-8-10-20-31(29)36/h1-24H/i1D,2D,3D,4D,7D,8D,9D,10D,13D,14D,17D,18D,19D,20D. The molecule has 1 nitrogen and oxygen atoms in total. The number of rotatable bonds is 3. The SMILES string of the molecule is [2H]c1ccc(-c2c3c([2H])c([2H])c([2H])c([2H])c3c(-c3ccc(-c4c([2H])c([2H])c([2H])c([2H])c4[2H])c4oc5ccccc5c34)c3c([2H])c([2H])c([2H])c([2H])c23)cc1. The lowest BCUT2D eigenvalue weighted by atomic mass is 9.84. The first kappa shape index (κ1) is 12.1. The van der Waals surface area contributed by atoms with Gasteiger partial charge in [0.05, 0.1) is 19.2 Å². The number of hydrogen-bond donors (Lipinski definition) is 0. The molecule has 8 rings (SSSR count). The van der Waals surface area contributed by atoms with Crippen LogP contribution in [0, 0.1) is 0 Å². The van der Waals surface area contributed by atoms with Crippen LogP contribution in [0.4, 0.5) is 0 Å². The van der Waals surface area contributed by atoms with E-state index >= 15 is 0 Å². The average molecular weight is 511 g/mol. The first-order chi connectivity index (χ1) is 25.2. The molecule has 0 bridgehead atoms. The molecule has 1 heteroatoms. The summed E-state index contributed by atoms with van der Waals surface area (Å²) in [6, 6.07) is 9.56. The lowest BCUT2D eigenvalue weighted by Crippen LogP contribution is -1.91. The van der Waals surface area contributed by atoms with Gasteiger partial charge < -0.3 is 4.42 Å². The van der Waals surface area contributed by atoms with E-state index < -0.39 is 78.6 Å². The second kappa shape index (κ2) is 8.72. The van der Waals surface area contributed by atoms with Gasteiger partial charge in [0.15, 0.2) is 0 Å². The molecular formula is C38H24O. The van der Waals surface area contributed by atoms with Crippen LogP contribution in [-0.2, 0) is 0 Å². The summed E-state index contributed by atoms with van der Waals surface area (Å²) in [5.41, 5.74) is 1.32. The molecule has 8 aromatic rings. The molecule has 1 aromatic heterocycles. The highest BCUT2D eigenvalue weighted by Gasteiger charge is 2.21. The minimum absolute atomic E-state index is 0.00286. The maximum atomic E-state index is 9.29. The summed E-state index contributed by atoms with van der Waals surface area (Å²) in [6.45, 7) is 0. The topological polar surface area (TPSA) is 13.1 Å². The Hall–Kier alpha value is -5.14. The molecule has 0 aliphatic rings. The zero-order valence-corrected chi connectivity index (χ0v) is 20.2. The van der Waals surface area contributed by atoms with Crippen molar-refractivity contribution in [2.45, 2.75) is 0 Å². The van der Waals surface area contributed by atoms with Crippen molar-refractivity contribution in [3.8, 4) is 33.4 Å². The number of para-hydroxylation sites is 1. The van der Waals surface area contributed by atoms with Crippen molar-refractivity contribution >= 4 is 43.5 Å². The molecule has 0 aliphatic heterocycles. The van der Waals surface area contributed by atoms with Gasteiger partial charge >= 0.3 is 0 Å². The molecule has 39 heavy (non-hydrogen) atoms. The van der Waals surface area contributed by atoms with Crippen molar-refractivity contribution in [1.82, 2.24) is 0 Å². The fourth-order valence-electron chi connectivity index (χ4n) is 5.35. The molecule has 1 heterocycles. The van der Waals surface area contributed by atoms with E-state index in [1.165, 1.54) is 18.2 Å². The van der Waals surface area contributed by atoms with Crippen molar-refractivity contribution < 1.29 is 23.6 Å². The smallest absolute Gasteiger partial charge is 0.143 e. The van der Waals surface area contributed by atoms with E-state index in [2.05, 4.69) is 0 Å². The van der Waals surface area contributed by atoms with Gasteiger partial charge in [0.25, 0.3) is 0 Å². The van der Waals surface area contributed by atoms with Crippen molar-refractivity contribution in [3.05, 3.63) is 145 Å². The molecule has 182 valence electrons. The first-order valence-electron chi connectivity index (χ1n) is 19.2. The number of fused-ring (bicyclic) bond motifs is 5. The van der Waals surface area contributed by atoms with E-state index in [0.717, 1.165) is 0 Å². The molecule has 0 N–H and O–H groups in total. The van der Waals surface area contributed by atoms with Crippen molar-refractivity contribution in [3.63, 3.8) is 0 Å². The van der Waals surface area contributed by atoms with Gasteiger partial charge in [-0.05, 0) is 61.5 Å².